The van der Waals surface area contributed by atoms with Crippen molar-refractivity contribution in [3.8, 4) is 11.3 Å². The Morgan fingerprint density at radius 2 is 1.56 bits per heavy atom. The third-order valence-electron chi connectivity index (χ3n) is 4.53. The van der Waals surface area contributed by atoms with E-state index in [1.807, 2.05) is 42.9 Å². The van der Waals surface area contributed by atoms with Gasteiger partial charge in [0.15, 0.2) is 0 Å². The molecule has 0 saturated carbocycles. The van der Waals surface area contributed by atoms with Crippen LogP contribution in [0.1, 0.15) is 0 Å². The number of aromatic nitrogens is 2. The normalized spacial score (nSPS) is 14.6. The zero-order valence-corrected chi connectivity index (χ0v) is 14.6. The summed E-state index contributed by atoms with van der Waals surface area (Å²) < 4.78 is 0. The number of halogens is 1. The van der Waals surface area contributed by atoms with Crippen molar-refractivity contribution in [1.82, 2.24) is 9.97 Å². The predicted octanol–water partition coefficient (Wildman–Crippen LogP) is 4.12. The Morgan fingerprint density at radius 1 is 0.800 bits per heavy atom. The second-order valence-corrected chi connectivity index (χ2v) is 6.50. The number of anilines is 2. The average Bonchev–Trinajstić information content (AvgIpc) is 2.69. The van der Waals surface area contributed by atoms with Crippen molar-refractivity contribution in [3.05, 3.63) is 72.1 Å². The summed E-state index contributed by atoms with van der Waals surface area (Å²) in [5.74, 6) is 0. The zero-order valence-electron chi connectivity index (χ0n) is 13.8. The number of benzene rings is 1. The van der Waals surface area contributed by atoms with Crippen LogP contribution in [0.3, 0.4) is 0 Å². The van der Waals surface area contributed by atoms with Crippen LogP contribution in [0.25, 0.3) is 11.3 Å². The van der Waals surface area contributed by atoms with Crippen molar-refractivity contribution < 1.29 is 0 Å². The van der Waals surface area contributed by atoms with Crippen molar-refractivity contribution in [2.24, 2.45) is 0 Å². The topological polar surface area (TPSA) is 32.3 Å². The molecule has 2 aromatic heterocycles. The highest BCUT2D eigenvalue weighted by Crippen LogP contribution is 2.31. The minimum absolute atomic E-state index is 0.733. The third kappa shape index (κ3) is 3.44. The van der Waals surface area contributed by atoms with Gasteiger partial charge in [-0.3, -0.25) is 9.97 Å². The molecule has 0 radical (unpaired) electrons. The summed E-state index contributed by atoms with van der Waals surface area (Å²) >= 11 is 6.17. The molecule has 0 N–H and O–H groups in total. The molecule has 0 amide bonds. The van der Waals surface area contributed by atoms with Gasteiger partial charge in [0.05, 0.1) is 11.4 Å². The smallest absolute Gasteiger partial charge is 0.0935 e. The molecule has 0 aliphatic carbocycles. The van der Waals surface area contributed by atoms with E-state index in [1.54, 1.807) is 0 Å². The molecule has 1 fully saturated rings. The predicted molar refractivity (Wildman–Crippen MR) is 103 cm³/mol. The van der Waals surface area contributed by atoms with Crippen LogP contribution in [-0.4, -0.2) is 36.1 Å². The number of nitrogens with zero attached hydrogens (tertiary/aromatic N) is 4. The van der Waals surface area contributed by atoms with E-state index >= 15 is 0 Å². The second kappa shape index (κ2) is 7.11. The maximum Gasteiger partial charge on any atom is 0.0935 e. The summed E-state index contributed by atoms with van der Waals surface area (Å²) in [5.41, 5.74) is 4.44. The molecular weight excluding hydrogens is 332 g/mol. The van der Waals surface area contributed by atoms with Gasteiger partial charge in [-0.05, 0) is 36.4 Å². The van der Waals surface area contributed by atoms with Gasteiger partial charge in [0.1, 0.15) is 0 Å². The van der Waals surface area contributed by atoms with Crippen LogP contribution in [-0.2, 0) is 0 Å². The molecule has 5 heteroatoms. The molecule has 3 heterocycles. The highest BCUT2D eigenvalue weighted by atomic mass is 35.5. The lowest BCUT2D eigenvalue weighted by Crippen LogP contribution is -2.46. The van der Waals surface area contributed by atoms with E-state index in [0.29, 0.717) is 0 Å². The van der Waals surface area contributed by atoms with Gasteiger partial charge in [0.2, 0.25) is 0 Å². The van der Waals surface area contributed by atoms with Gasteiger partial charge in [-0.2, -0.15) is 0 Å². The van der Waals surface area contributed by atoms with Gasteiger partial charge < -0.3 is 9.80 Å². The van der Waals surface area contributed by atoms with Gasteiger partial charge in [0, 0.05) is 61.0 Å². The minimum atomic E-state index is 0.733. The van der Waals surface area contributed by atoms with E-state index in [0.717, 1.165) is 42.5 Å². The molecule has 126 valence electrons. The van der Waals surface area contributed by atoms with Gasteiger partial charge in [-0.1, -0.05) is 23.7 Å². The maximum absolute atomic E-state index is 6.17. The van der Waals surface area contributed by atoms with Gasteiger partial charge in [-0.15, -0.1) is 0 Å². The molecule has 1 aliphatic heterocycles. The molecule has 1 aliphatic rings. The van der Waals surface area contributed by atoms with Crippen LogP contribution < -0.4 is 9.80 Å². The highest BCUT2D eigenvalue weighted by Gasteiger charge is 2.20. The fourth-order valence-corrected chi connectivity index (χ4v) is 3.46. The summed E-state index contributed by atoms with van der Waals surface area (Å²) in [6.07, 6.45) is 5.53. The summed E-state index contributed by atoms with van der Waals surface area (Å²) in [4.78, 5) is 13.5. The molecule has 4 nitrogen and oxygen atoms in total. The maximum atomic E-state index is 6.17. The molecule has 1 saturated heterocycles. The number of rotatable bonds is 3. The Hall–Kier alpha value is -2.59. The number of hydrogen-bond acceptors (Lipinski definition) is 4. The van der Waals surface area contributed by atoms with E-state index in [-0.39, 0.29) is 0 Å². The van der Waals surface area contributed by atoms with Crippen molar-refractivity contribution in [3.63, 3.8) is 0 Å². The Morgan fingerprint density at radius 3 is 2.32 bits per heavy atom. The molecule has 0 spiro atoms. The summed E-state index contributed by atoms with van der Waals surface area (Å²) in [6, 6.07) is 16.2. The second-order valence-electron chi connectivity index (χ2n) is 6.06. The van der Waals surface area contributed by atoms with Gasteiger partial charge in [-0.25, -0.2) is 0 Å². The van der Waals surface area contributed by atoms with Crippen LogP contribution in [0.4, 0.5) is 11.4 Å². The van der Waals surface area contributed by atoms with E-state index < -0.39 is 0 Å². The quantitative estimate of drug-likeness (QED) is 0.711. The fourth-order valence-electron chi connectivity index (χ4n) is 3.27. The molecule has 25 heavy (non-hydrogen) atoms. The first-order chi connectivity index (χ1) is 12.3. The Balaban J connectivity index is 1.56. The molecule has 0 bridgehead atoms. The molecule has 1 aromatic carbocycles. The first-order valence-corrected chi connectivity index (χ1v) is 8.80. The first kappa shape index (κ1) is 15.9. The lowest BCUT2D eigenvalue weighted by atomic mass is 10.1. The van der Waals surface area contributed by atoms with Crippen molar-refractivity contribution >= 4 is 23.0 Å². The molecule has 0 atom stereocenters. The minimum Gasteiger partial charge on any atom is -0.368 e. The summed E-state index contributed by atoms with van der Waals surface area (Å²) in [7, 11) is 0. The first-order valence-electron chi connectivity index (χ1n) is 8.42. The monoisotopic (exact) mass is 350 g/mol. The number of piperazine rings is 1. The van der Waals surface area contributed by atoms with Crippen molar-refractivity contribution in [2.75, 3.05) is 36.0 Å². The average molecular weight is 351 g/mol. The molecule has 4 rings (SSSR count). The van der Waals surface area contributed by atoms with Crippen LogP contribution in [0.5, 0.6) is 0 Å². The van der Waals surface area contributed by atoms with Gasteiger partial charge in [0.25, 0.3) is 0 Å². The molecular formula is C20H19ClN4. The van der Waals surface area contributed by atoms with Crippen molar-refractivity contribution in [2.45, 2.75) is 0 Å². The summed E-state index contributed by atoms with van der Waals surface area (Å²) in [6.45, 7) is 3.88. The van der Waals surface area contributed by atoms with Crippen LogP contribution >= 0.6 is 11.6 Å². The number of hydrogen-bond donors (Lipinski definition) is 0. The lowest BCUT2D eigenvalue weighted by Gasteiger charge is -2.37. The van der Waals surface area contributed by atoms with Crippen LogP contribution in [0.15, 0.2) is 67.1 Å². The Labute approximate surface area is 152 Å². The summed E-state index contributed by atoms with van der Waals surface area (Å²) in [5, 5.41) is 0.733. The van der Waals surface area contributed by atoms with Crippen LogP contribution in [0, 0.1) is 0 Å². The molecule has 0 unspecified atom stereocenters. The molecule has 3 aromatic rings. The van der Waals surface area contributed by atoms with E-state index in [4.69, 9.17) is 11.6 Å². The van der Waals surface area contributed by atoms with Crippen molar-refractivity contribution in [1.29, 1.82) is 0 Å². The van der Waals surface area contributed by atoms with Crippen LogP contribution in [0.2, 0.25) is 5.02 Å². The van der Waals surface area contributed by atoms with Gasteiger partial charge >= 0.3 is 0 Å². The largest absolute Gasteiger partial charge is 0.368 e. The van der Waals surface area contributed by atoms with E-state index in [1.165, 1.54) is 11.4 Å². The Bertz CT molecular complexity index is 845. The Kier molecular flexibility index (Phi) is 4.53. The zero-order chi connectivity index (χ0) is 17.1. The highest BCUT2D eigenvalue weighted by molar-refractivity contribution is 6.30. The van der Waals surface area contributed by atoms with E-state index in [2.05, 4.69) is 44.0 Å². The number of pyridine rings is 2. The fraction of sp³-hybridized carbons (Fsp3) is 0.200. The lowest BCUT2D eigenvalue weighted by molar-refractivity contribution is 0.653. The SMILES string of the molecule is Clc1cccc(-c2ncccc2N2CCN(c3ccncc3)CC2)c1. The standard InChI is InChI=1S/C20H19ClN4/c21-17-4-1-3-16(15-17)20-19(5-2-8-23-20)25-13-11-24(12-14-25)18-6-9-22-10-7-18/h1-10,15H,11-14H2. The third-order valence-corrected chi connectivity index (χ3v) is 4.77. The van der Waals surface area contributed by atoms with E-state index in [9.17, 15) is 0 Å².